The molecule has 1 N–H and O–H groups in total. The molecular weight excluding hydrogens is 198 g/mol. The highest BCUT2D eigenvalue weighted by atomic mass is 16.3. The summed E-state index contributed by atoms with van der Waals surface area (Å²) >= 11 is 0. The maximum absolute atomic E-state index is 10.8. The molecule has 0 aliphatic heterocycles. The van der Waals surface area contributed by atoms with Gasteiger partial charge in [-0.1, -0.05) is 13.3 Å². The van der Waals surface area contributed by atoms with Gasteiger partial charge in [0.1, 0.15) is 0 Å². The summed E-state index contributed by atoms with van der Waals surface area (Å²) in [6, 6.07) is 1.99. The molecule has 1 aliphatic rings. The van der Waals surface area contributed by atoms with Gasteiger partial charge in [0.05, 0.1) is 5.60 Å². The molecule has 0 radical (unpaired) electrons. The largest absolute Gasteiger partial charge is 0.385 e. The van der Waals surface area contributed by atoms with E-state index in [0.29, 0.717) is 0 Å². The van der Waals surface area contributed by atoms with Crippen molar-refractivity contribution in [2.45, 2.75) is 51.6 Å². The van der Waals surface area contributed by atoms with E-state index >= 15 is 0 Å². The predicted octanol–water partition coefficient (Wildman–Crippen LogP) is 3.18. The Hall–Kier alpha value is -0.890. The summed E-state index contributed by atoms with van der Waals surface area (Å²) in [5, 5.41) is 10.8. The fourth-order valence-electron chi connectivity index (χ4n) is 2.72. The number of aryl methyl sites for hydroxylation is 1. The zero-order valence-corrected chi connectivity index (χ0v) is 10.2. The first-order valence-electron chi connectivity index (χ1n) is 6.25. The van der Waals surface area contributed by atoms with Gasteiger partial charge in [-0.3, -0.25) is 4.98 Å². The Morgan fingerprint density at radius 1 is 1.38 bits per heavy atom. The molecule has 1 aromatic heterocycles. The van der Waals surface area contributed by atoms with Crippen LogP contribution in [-0.4, -0.2) is 10.1 Å². The Kier molecular flexibility index (Phi) is 3.29. The number of aromatic nitrogens is 1. The summed E-state index contributed by atoms with van der Waals surface area (Å²) in [7, 11) is 0. The summed E-state index contributed by atoms with van der Waals surface area (Å²) in [6.45, 7) is 4.34. The first-order valence-corrected chi connectivity index (χ1v) is 6.25. The standard InChI is InChI=1S/C14H21NO/c1-11-4-3-7-14(16,8-5-11)13-10-15-9-6-12(13)2/h6,9-11,16H,3-5,7-8H2,1-2H3. The average molecular weight is 219 g/mol. The van der Waals surface area contributed by atoms with Gasteiger partial charge in [-0.15, -0.1) is 0 Å². The van der Waals surface area contributed by atoms with Crippen LogP contribution in [-0.2, 0) is 5.60 Å². The van der Waals surface area contributed by atoms with Gasteiger partial charge in [0.25, 0.3) is 0 Å². The molecule has 1 aromatic rings. The smallest absolute Gasteiger partial charge is 0.0914 e. The van der Waals surface area contributed by atoms with E-state index in [2.05, 4.69) is 18.8 Å². The SMILES string of the molecule is Cc1ccncc1C1(O)CCCC(C)CC1. The highest BCUT2D eigenvalue weighted by molar-refractivity contribution is 5.28. The molecule has 1 heterocycles. The molecule has 2 heteroatoms. The van der Waals surface area contributed by atoms with Crippen molar-refractivity contribution in [1.29, 1.82) is 0 Å². The number of nitrogens with zero attached hydrogens (tertiary/aromatic N) is 1. The Morgan fingerprint density at radius 2 is 2.19 bits per heavy atom. The molecule has 0 saturated heterocycles. The van der Waals surface area contributed by atoms with Gasteiger partial charge in [0.15, 0.2) is 0 Å². The highest BCUT2D eigenvalue weighted by Gasteiger charge is 2.32. The van der Waals surface area contributed by atoms with E-state index in [0.717, 1.165) is 42.7 Å². The topological polar surface area (TPSA) is 33.1 Å². The fraction of sp³-hybridized carbons (Fsp3) is 0.643. The molecular formula is C14H21NO. The lowest BCUT2D eigenvalue weighted by atomic mass is 9.85. The first-order chi connectivity index (χ1) is 7.62. The molecule has 1 aliphatic carbocycles. The zero-order valence-electron chi connectivity index (χ0n) is 10.2. The van der Waals surface area contributed by atoms with E-state index in [1.807, 2.05) is 12.3 Å². The molecule has 2 rings (SSSR count). The van der Waals surface area contributed by atoms with Crippen molar-refractivity contribution in [3.05, 3.63) is 29.6 Å². The second kappa shape index (κ2) is 4.54. The monoisotopic (exact) mass is 219 g/mol. The maximum Gasteiger partial charge on any atom is 0.0914 e. The third-order valence-electron chi connectivity index (χ3n) is 3.88. The Labute approximate surface area is 97.7 Å². The van der Waals surface area contributed by atoms with Gasteiger partial charge >= 0.3 is 0 Å². The van der Waals surface area contributed by atoms with E-state index in [1.165, 1.54) is 6.42 Å². The Balaban J connectivity index is 2.27. The molecule has 88 valence electrons. The molecule has 0 amide bonds. The quantitative estimate of drug-likeness (QED) is 0.736. The number of hydrogen-bond donors (Lipinski definition) is 1. The summed E-state index contributed by atoms with van der Waals surface area (Å²) in [4.78, 5) is 4.16. The van der Waals surface area contributed by atoms with Crippen LogP contribution in [0.15, 0.2) is 18.5 Å². The Bertz CT molecular complexity index is 364. The lowest BCUT2D eigenvalue weighted by molar-refractivity contribution is 0.0189. The van der Waals surface area contributed by atoms with Crippen LogP contribution in [0.2, 0.25) is 0 Å². The van der Waals surface area contributed by atoms with Gasteiger partial charge < -0.3 is 5.11 Å². The van der Waals surface area contributed by atoms with Crippen LogP contribution in [0, 0.1) is 12.8 Å². The predicted molar refractivity (Wildman–Crippen MR) is 65.1 cm³/mol. The third kappa shape index (κ3) is 2.27. The molecule has 16 heavy (non-hydrogen) atoms. The maximum atomic E-state index is 10.8. The van der Waals surface area contributed by atoms with Gasteiger partial charge in [-0.2, -0.15) is 0 Å². The van der Waals surface area contributed by atoms with Crippen molar-refractivity contribution >= 4 is 0 Å². The van der Waals surface area contributed by atoms with Crippen molar-refractivity contribution in [1.82, 2.24) is 4.98 Å². The van der Waals surface area contributed by atoms with Crippen molar-refractivity contribution in [3.63, 3.8) is 0 Å². The molecule has 0 bridgehead atoms. The van der Waals surface area contributed by atoms with Crippen LogP contribution in [0.3, 0.4) is 0 Å². The molecule has 2 nitrogen and oxygen atoms in total. The lowest BCUT2D eigenvalue weighted by Crippen LogP contribution is -2.26. The van der Waals surface area contributed by atoms with Crippen LogP contribution >= 0.6 is 0 Å². The normalized spacial score (nSPS) is 31.1. The summed E-state index contributed by atoms with van der Waals surface area (Å²) < 4.78 is 0. The second-order valence-corrected chi connectivity index (χ2v) is 5.26. The second-order valence-electron chi connectivity index (χ2n) is 5.26. The Morgan fingerprint density at radius 3 is 2.94 bits per heavy atom. The van der Waals surface area contributed by atoms with Gasteiger partial charge in [0.2, 0.25) is 0 Å². The number of pyridine rings is 1. The van der Waals surface area contributed by atoms with Crippen LogP contribution in [0.1, 0.15) is 50.2 Å². The van der Waals surface area contributed by atoms with Crippen LogP contribution in [0.4, 0.5) is 0 Å². The third-order valence-corrected chi connectivity index (χ3v) is 3.88. The van der Waals surface area contributed by atoms with E-state index < -0.39 is 5.60 Å². The van der Waals surface area contributed by atoms with E-state index in [9.17, 15) is 5.11 Å². The lowest BCUT2D eigenvalue weighted by Gasteiger charge is -2.28. The minimum absolute atomic E-state index is 0.636. The van der Waals surface area contributed by atoms with E-state index in [4.69, 9.17) is 0 Å². The number of aliphatic hydroxyl groups is 1. The van der Waals surface area contributed by atoms with Crippen molar-refractivity contribution in [3.8, 4) is 0 Å². The van der Waals surface area contributed by atoms with Gasteiger partial charge in [-0.25, -0.2) is 0 Å². The summed E-state index contributed by atoms with van der Waals surface area (Å²) in [6.07, 6.45) is 8.86. The molecule has 1 saturated carbocycles. The van der Waals surface area contributed by atoms with Crippen LogP contribution < -0.4 is 0 Å². The molecule has 2 unspecified atom stereocenters. The van der Waals surface area contributed by atoms with Gasteiger partial charge in [-0.05, 0) is 50.2 Å². The minimum atomic E-state index is -0.636. The molecule has 0 spiro atoms. The summed E-state index contributed by atoms with van der Waals surface area (Å²) in [5.41, 5.74) is 1.56. The van der Waals surface area contributed by atoms with Crippen molar-refractivity contribution in [2.75, 3.05) is 0 Å². The minimum Gasteiger partial charge on any atom is -0.385 e. The van der Waals surface area contributed by atoms with Gasteiger partial charge in [0, 0.05) is 18.0 Å². The highest BCUT2D eigenvalue weighted by Crippen LogP contribution is 2.38. The van der Waals surface area contributed by atoms with Crippen LogP contribution in [0.25, 0.3) is 0 Å². The zero-order chi connectivity index (χ0) is 11.6. The molecule has 0 aromatic carbocycles. The fourth-order valence-corrected chi connectivity index (χ4v) is 2.72. The van der Waals surface area contributed by atoms with E-state index in [1.54, 1.807) is 6.20 Å². The number of hydrogen-bond acceptors (Lipinski definition) is 2. The first kappa shape index (κ1) is 11.6. The average Bonchev–Trinajstić information content (AvgIpc) is 2.43. The summed E-state index contributed by atoms with van der Waals surface area (Å²) in [5.74, 6) is 0.742. The number of rotatable bonds is 1. The van der Waals surface area contributed by atoms with Crippen molar-refractivity contribution < 1.29 is 5.11 Å². The van der Waals surface area contributed by atoms with E-state index in [-0.39, 0.29) is 0 Å². The van der Waals surface area contributed by atoms with Crippen molar-refractivity contribution in [2.24, 2.45) is 5.92 Å². The molecule has 2 atom stereocenters. The molecule has 1 fully saturated rings. The van der Waals surface area contributed by atoms with Crippen LogP contribution in [0.5, 0.6) is 0 Å².